The molecule has 0 saturated heterocycles. The maximum Gasteiger partial charge on any atom is 0.265 e. The van der Waals surface area contributed by atoms with Crippen LogP contribution in [-0.4, -0.2) is 66.4 Å². The molecule has 3 aromatic rings. The largest absolute Gasteiger partial charge is 0.506 e. The van der Waals surface area contributed by atoms with E-state index in [9.17, 15) is 21.9 Å². The van der Waals surface area contributed by atoms with E-state index in [1.54, 1.807) is 66.7 Å². The zero-order chi connectivity index (χ0) is 31.5. The molecule has 0 radical (unpaired) electrons. The molecule has 4 atom stereocenters. The van der Waals surface area contributed by atoms with Crippen LogP contribution in [0.25, 0.3) is 0 Å². The first kappa shape index (κ1) is 30.0. The van der Waals surface area contributed by atoms with Crippen LogP contribution in [0.4, 0.5) is 0 Å². The molecule has 2 heterocycles. The molecule has 0 unspecified atom stereocenters. The minimum Gasteiger partial charge on any atom is -0.506 e. The van der Waals surface area contributed by atoms with Crippen LogP contribution in [0, 0.1) is 13.8 Å². The van der Waals surface area contributed by atoms with E-state index in [-0.39, 0.29) is 62.5 Å². The van der Waals surface area contributed by atoms with Crippen molar-refractivity contribution in [2.24, 2.45) is 9.98 Å². The van der Waals surface area contributed by atoms with Gasteiger partial charge in [0.1, 0.15) is 17.4 Å². The number of hydrogen-bond donors (Lipinski definition) is 1. The number of nitrogens with zero attached hydrogens (tertiary/aromatic N) is 4. The molecule has 0 aromatic heterocycles. The number of phenols is 1. The highest BCUT2D eigenvalue weighted by Crippen LogP contribution is 2.42. The summed E-state index contributed by atoms with van der Waals surface area (Å²) >= 11 is 0. The molecule has 2 saturated carbocycles. The number of aromatic hydroxyl groups is 1. The van der Waals surface area contributed by atoms with Crippen molar-refractivity contribution in [3.63, 3.8) is 0 Å². The van der Waals surface area contributed by atoms with Gasteiger partial charge in [-0.3, -0.25) is 9.98 Å². The Morgan fingerprint density at radius 1 is 0.600 bits per heavy atom. The maximum absolute atomic E-state index is 14.2. The van der Waals surface area contributed by atoms with Crippen LogP contribution >= 0.6 is 0 Å². The summed E-state index contributed by atoms with van der Waals surface area (Å²) in [7, 11) is -8.02. The van der Waals surface area contributed by atoms with Gasteiger partial charge in [-0.15, -0.1) is 0 Å². The van der Waals surface area contributed by atoms with Gasteiger partial charge in [0, 0.05) is 0 Å². The van der Waals surface area contributed by atoms with E-state index >= 15 is 0 Å². The van der Waals surface area contributed by atoms with E-state index < -0.39 is 20.0 Å². The number of hydrogen-bond acceptors (Lipinski definition) is 7. The number of amidine groups is 2. The van der Waals surface area contributed by atoms with Gasteiger partial charge in [0.25, 0.3) is 20.0 Å². The van der Waals surface area contributed by atoms with Crippen molar-refractivity contribution in [3.05, 3.63) is 89.0 Å². The quantitative estimate of drug-likeness (QED) is 0.378. The number of fused-ring (bicyclic) bond motifs is 2. The standard InChI is InChI=1S/C34H38N4O5S2/c1-22-14-18-24(19-15-22)44(40,41)37-30-12-5-3-10-28(30)35-33(37)26-8-7-9-27(32(26)39)34-36-29-11-4-6-13-31(29)38(34)45(42,43)25-20-16-23(2)17-21-25/h7-9,14-21,28-31,39H,3-6,10-13H2,1-2H3/t28-,29-,30-,31-/m0/s1. The molecule has 11 heteroatoms. The minimum atomic E-state index is -4.01. The second kappa shape index (κ2) is 11.3. The van der Waals surface area contributed by atoms with Gasteiger partial charge in [-0.2, -0.15) is 0 Å². The van der Waals surface area contributed by atoms with Crippen molar-refractivity contribution in [2.75, 3.05) is 0 Å². The highest BCUT2D eigenvalue weighted by molar-refractivity contribution is 7.90. The van der Waals surface area contributed by atoms with Crippen molar-refractivity contribution >= 4 is 31.7 Å². The van der Waals surface area contributed by atoms with Crippen LogP contribution in [0.15, 0.2) is 86.5 Å². The van der Waals surface area contributed by atoms with E-state index in [4.69, 9.17) is 9.98 Å². The molecule has 1 N–H and O–H groups in total. The molecule has 9 nitrogen and oxygen atoms in total. The second-order valence-corrected chi connectivity index (χ2v) is 16.3. The summed E-state index contributed by atoms with van der Waals surface area (Å²) in [5.41, 5.74) is 2.41. The van der Waals surface area contributed by atoms with Crippen LogP contribution in [0.1, 0.15) is 73.6 Å². The minimum absolute atomic E-state index is 0.169. The highest BCUT2D eigenvalue weighted by atomic mass is 32.2. The molecule has 0 amide bonds. The Morgan fingerprint density at radius 2 is 0.978 bits per heavy atom. The fraction of sp³-hybridized carbons (Fsp3) is 0.412. The van der Waals surface area contributed by atoms with Gasteiger partial charge in [0.05, 0.1) is 45.1 Å². The first-order valence-corrected chi connectivity index (χ1v) is 18.7. The van der Waals surface area contributed by atoms with Crippen molar-refractivity contribution in [1.29, 1.82) is 0 Å². The highest BCUT2D eigenvalue weighted by Gasteiger charge is 2.48. The Labute approximate surface area is 265 Å². The smallest absolute Gasteiger partial charge is 0.265 e. The third-order valence-corrected chi connectivity index (χ3v) is 13.3. The Kier molecular flexibility index (Phi) is 7.51. The molecule has 2 aliphatic heterocycles. The zero-order valence-electron chi connectivity index (χ0n) is 25.5. The first-order valence-electron chi connectivity index (χ1n) is 15.8. The second-order valence-electron chi connectivity index (χ2n) is 12.7. The van der Waals surface area contributed by atoms with Crippen LogP contribution in [-0.2, 0) is 20.0 Å². The number of benzene rings is 3. The summed E-state index contributed by atoms with van der Waals surface area (Å²) in [5, 5.41) is 12.0. The van der Waals surface area contributed by atoms with Crippen molar-refractivity contribution in [1.82, 2.24) is 8.61 Å². The van der Waals surface area contributed by atoms with Gasteiger partial charge in [0.15, 0.2) is 0 Å². The molecule has 236 valence electrons. The third-order valence-electron chi connectivity index (χ3n) is 9.66. The van der Waals surface area contributed by atoms with E-state index in [2.05, 4.69) is 0 Å². The van der Waals surface area contributed by atoms with Crippen molar-refractivity contribution in [3.8, 4) is 5.75 Å². The summed E-state index contributed by atoms with van der Waals surface area (Å²) < 4.78 is 59.7. The maximum atomic E-state index is 14.2. The number of sulfonamides is 2. The number of para-hydroxylation sites is 1. The topological polar surface area (TPSA) is 120 Å². The molecule has 0 spiro atoms. The summed E-state index contributed by atoms with van der Waals surface area (Å²) in [4.78, 5) is 10.2. The molecule has 4 aliphatic rings. The van der Waals surface area contributed by atoms with Gasteiger partial charge in [0.2, 0.25) is 0 Å². The predicted octanol–water partition coefficient (Wildman–Crippen LogP) is 5.53. The summed E-state index contributed by atoms with van der Waals surface area (Å²) in [5.74, 6) is 0.159. The van der Waals surface area contributed by atoms with Gasteiger partial charge in [-0.05, 0) is 75.9 Å². The van der Waals surface area contributed by atoms with Crippen LogP contribution in [0.2, 0.25) is 0 Å². The molecular formula is C34H38N4O5S2. The fourth-order valence-corrected chi connectivity index (χ4v) is 10.7. The molecule has 2 fully saturated rings. The van der Waals surface area contributed by atoms with E-state index in [0.717, 1.165) is 49.7 Å². The van der Waals surface area contributed by atoms with E-state index in [0.29, 0.717) is 12.8 Å². The van der Waals surface area contributed by atoms with E-state index in [1.807, 2.05) is 13.8 Å². The Bertz CT molecular complexity index is 1770. The lowest BCUT2D eigenvalue weighted by atomic mass is 9.92. The van der Waals surface area contributed by atoms with Crippen LogP contribution in [0.3, 0.4) is 0 Å². The number of aliphatic imine (C=N–C) groups is 2. The Morgan fingerprint density at radius 3 is 1.38 bits per heavy atom. The van der Waals surface area contributed by atoms with Gasteiger partial charge in [-0.25, -0.2) is 25.4 Å². The van der Waals surface area contributed by atoms with Gasteiger partial charge < -0.3 is 5.11 Å². The van der Waals surface area contributed by atoms with Crippen molar-refractivity contribution in [2.45, 2.75) is 99.2 Å². The lowest BCUT2D eigenvalue weighted by Gasteiger charge is -2.33. The Hall–Kier alpha value is -3.70. The monoisotopic (exact) mass is 646 g/mol. The summed E-state index contributed by atoms with van der Waals surface area (Å²) in [6.45, 7) is 3.81. The summed E-state index contributed by atoms with van der Waals surface area (Å²) in [6.07, 6.45) is 6.54. The van der Waals surface area contributed by atoms with E-state index in [1.165, 1.54) is 8.61 Å². The normalized spacial score (nSPS) is 25.0. The zero-order valence-corrected chi connectivity index (χ0v) is 27.1. The molecule has 45 heavy (non-hydrogen) atoms. The molecule has 0 bridgehead atoms. The molecule has 3 aromatic carbocycles. The number of rotatable bonds is 6. The van der Waals surface area contributed by atoms with Crippen LogP contribution in [0.5, 0.6) is 5.75 Å². The summed E-state index contributed by atoms with van der Waals surface area (Å²) in [6, 6.07) is 17.4. The number of phenolic OH excluding ortho intramolecular Hbond substituents is 1. The lowest BCUT2D eigenvalue weighted by molar-refractivity contribution is 0.315. The van der Waals surface area contributed by atoms with Crippen LogP contribution < -0.4 is 0 Å². The van der Waals surface area contributed by atoms with Crippen molar-refractivity contribution < 1.29 is 21.9 Å². The van der Waals surface area contributed by atoms with Gasteiger partial charge >= 0.3 is 0 Å². The van der Waals surface area contributed by atoms with Gasteiger partial charge in [-0.1, -0.05) is 67.1 Å². The average molecular weight is 647 g/mol. The SMILES string of the molecule is Cc1ccc(S(=O)(=O)N2C(c3cccc(C4=N[C@H]5CCCC[C@@H]5N4S(=O)(=O)c4ccc(C)cc4)c3O)=N[C@H]3CCCC[C@@H]32)cc1. The first-order chi connectivity index (χ1) is 21.6. The molecular weight excluding hydrogens is 609 g/mol. The fourth-order valence-electron chi connectivity index (χ4n) is 7.29. The number of aryl methyl sites for hydroxylation is 2. The lowest BCUT2D eigenvalue weighted by Crippen LogP contribution is -2.46. The Balaban J connectivity index is 1.34. The average Bonchev–Trinajstić information content (AvgIpc) is 3.61. The third kappa shape index (κ3) is 5.04. The molecule has 7 rings (SSSR count). The molecule has 2 aliphatic carbocycles. The predicted molar refractivity (Wildman–Crippen MR) is 174 cm³/mol.